The van der Waals surface area contributed by atoms with E-state index in [1.165, 1.54) is 4.57 Å². The van der Waals surface area contributed by atoms with Gasteiger partial charge in [0.05, 0.1) is 6.54 Å². The summed E-state index contributed by atoms with van der Waals surface area (Å²) in [6.07, 6.45) is 1.88. The highest BCUT2D eigenvalue weighted by atomic mass is 16.2. The van der Waals surface area contributed by atoms with Gasteiger partial charge in [-0.3, -0.25) is 28.8 Å². The van der Waals surface area contributed by atoms with E-state index in [4.69, 9.17) is 5.73 Å². The summed E-state index contributed by atoms with van der Waals surface area (Å²) >= 11 is 0. The number of ketones is 1. The summed E-state index contributed by atoms with van der Waals surface area (Å²) in [5.41, 5.74) is 5.18. The Labute approximate surface area is 173 Å². The molecule has 1 amide bonds. The topological polar surface area (TPSA) is 130 Å². The van der Waals surface area contributed by atoms with Crippen molar-refractivity contribution >= 4 is 23.2 Å². The van der Waals surface area contributed by atoms with Crippen molar-refractivity contribution in [3.63, 3.8) is 0 Å². The number of nitrogens with one attached hydrogen (secondary N) is 2. The Balaban J connectivity index is 1.61. The number of nitrogen functional groups attached to an aromatic ring is 1. The fraction of sp³-hybridized carbons (Fsp3) is 0.429. The second-order valence-electron chi connectivity index (χ2n) is 7.50. The largest absolute Gasteiger partial charge is 0.384 e. The Morgan fingerprint density at radius 3 is 2.47 bits per heavy atom. The number of aromatic amines is 1. The van der Waals surface area contributed by atoms with Crippen LogP contribution in [0.5, 0.6) is 0 Å². The average Bonchev–Trinajstić information content (AvgIpc) is 2.72. The van der Waals surface area contributed by atoms with Crippen LogP contribution in [0.1, 0.15) is 36.5 Å². The Morgan fingerprint density at radius 2 is 1.83 bits per heavy atom. The zero-order chi connectivity index (χ0) is 21.7. The first-order chi connectivity index (χ1) is 14.4. The molecule has 2 aromatic rings. The number of para-hydroxylation sites is 1. The number of aromatic nitrogens is 2. The van der Waals surface area contributed by atoms with E-state index in [1.54, 1.807) is 0 Å². The quantitative estimate of drug-likeness (QED) is 0.582. The molecule has 1 aromatic carbocycles. The van der Waals surface area contributed by atoms with Gasteiger partial charge in [0.2, 0.25) is 5.91 Å². The van der Waals surface area contributed by atoms with Crippen molar-refractivity contribution in [2.75, 3.05) is 30.7 Å². The number of hydrogen-bond acceptors (Lipinski definition) is 6. The highest BCUT2D eigenvalue weighted by Gasteiger charge is 2.28. The lowest BCUT2D eigenvalue weighted by Crippen LogP contribution is -2.43. The summed E-state index contributed by atoms with van der Waals surface area (Å²) in [6.45, 7) is 3.33. The van der Waals surface area contributed by atoms with Crippen LogP contribution in [0.3, 0.4) is 0 Å². The molecular formula is C21H27N5O4. The van der Waals surface area contributed by atoms with Gasteiger partial charge in [-0.15, -0.1) is 0 Å². The second kappa shape index (κ2) is 9.53. The van der Waals surface area contributed by atoms with Crippen LogP contribution in [0.4, 0.5) is 11.5 Å². The molecule has 0 atom stereocenters. The number of nitrogens with zero attached hydrogens (tertiary/aromatic N) is 2. The number of likely N-dealkylation sites (tertiary alicyclic amines) is 1. The molecule has 0 unspecified atom stereocenters. The molecule has 1 aromatic heterocycles. The highest BCUT2D eigenvalue weighted by molar-refractivity contribution is 6.01. The number of amides is 1. The van der Waals surface area contributed by atoms with Crippen LogP contribution < -0.4 is 22.3 Å². The third-order valence-electron chi connectivity index (χ3n) is 5.33. The molecule has 0 saturated carbocycles. The maximum absolute atomic E-state index is 12.7. The molecule has 9 nitrogen and oxygen atoms in total. The van der Waals surface area contributed by atoms with Crippen LogP contribution in [0.2, 0.25) is 0 Å². The molecule has 1 fully saturated rings. The van der Waals surface area contributed by atoms with Gasteiger partial charge in [0.15, 0.2) is 5.78 Å². The molecule has 1 aliphatic heterocycles. The minimum absolute atomic E-state index is 0.0185. The first-order valence-corrected chi connectivity index (χ1v) is 10.1. The predicted octanol–water partition coefficient (Wildman–Crippen LogP) is 1.06. The summed E-state index contributed by atoms with van der Waals surface area (Å²) in [5.74, 6) is -0.672. The maximum atomic E-state index is 12.7. The van der Waals surface area contributed by atoms with Crippen molar-refractivity contribution in [1.29, 1.82) is 0 Å². The number of piperidine rings is 1. The third-order valence-corrected chi connectivity index (χ3v) is 5.33. The molecule has 4 N–H and O–H groups in total. The van der Waals surface area contributed by atoms with E-state index in [1.807, 2.05) is 42.2 Å². The second-order valence-corrected chi connectivity index (χ2v) is 7.50. The SMILES string of the molecule is CCCn1c(N)c(C(=O)CN2CCC(C(=O)Nc3ccccc3)CC2)c(=O)[nH]c1=O. The van der Waals surface area contributed by atoms with Crippen molar-refractivity contribution in [2.24, 2.45) is 5.92 Å². The predicted molar refractivity (Wildman–Crippen MR) is 115 cm³/mol. The highest BCUT2D eigenvalue weighted by Crippen LogP contribution is 2.20. The molecule has 1 aliphatic rings. The van der Waals surface area contributed by atoms with E-state index < -0.39 is 17.0 Å². The summed E-state index contributed by atoms with van der Waals surface area (Å²) in [4.78, 5) is 53.4. The molecule has 0 spiro atoms. The zero-order valence-electron chi connectivity index (χ0n) is 17.0. The minimum Gasteiger partial charge on any atom is -0.384 e. The van der Waals surface area contributed by atoms with E-state index in [0.29, 0.717) is 38.9 Å². The monoisotopic (exact) mass is 413 g/mol. The number of carbonyl (C=O) groups excluding carboxylic acids is 2. The van der Waals surface area contributed by atoms with Crippen LogP contribution >= 0.6 is 0 Å². The van der Waals surface area contributed by atoms with Crippen LogP contribution in [0, 0.1) is 5.92 Å². The van der Waals surface area contributed by atoms with Crippen LogP contribution in [0.25, 0.3) is 0 Å². The van der Waals surface area contributed by atoms with Gasteiger partial charge in [-0.25, -0.2) is 4.79 Å². The Kier molecular flexibility index (Phi) is 6.83. The Morgan fingerprint density at radius 1 is 1.17 bits per heavy atom. The van der Waals surface area contributed by atoms with Gasteiger partial charge >= 0.3 is 5.69 Å². The van der Waals surface area contributed by atoms with Crippen molar-refractivity contribution in [3.05, 3.63) is 56.7 Å². The van der Waals surface area contributed by atoms with Crippen molar-refractivity contribution < 1.29 is 9.59 Å². The van der Waals surface area contributed by atoms with Gasteiger partial charge in [0.25, 0.3) is 5.56 Å². The Bertz CT molecular complexity index is 1020. The third kappa shape index (κ3) is 4.85. The number of Topliss-reactive ketones (excluding diaryl/α,β-unsaturated/α-hetero) is 1. The van der Waals surface area contributed by atoms with Gasteiger partial charge in [0, 0.05) is 18.2 Å². The van der Waals surface area contributed by atoms with Crippen LogP contribution in [0.15, 0.2) is 39.9 Å². The molecule has 3 rings (SSSR count). The van der Waals surface area contributed by atoms with Gasteiger partial charge in [-0.2, -0.15) is 0 Å². The normalized spacial score (nSPS) is 15.1. The van der Waals surface area contributed by atoms with E-state index in [-0.39, 0.29) is 29.8 Å². The van der Waals surface area contributed by atoms with Crippen molar-refractivity contribution in [1.82, 2.24) is 14.5 Å². The molecular weight excluding hydrogens is 386 g/mol. The maximum Gasteiger partial charge on any atom is 0.329 e. The first kappa shape index (κ1) is 21.5. The van der Waals surface area contributed by atoms with Gasteiger partial charge in [-0.1, -0.05) is 25.1 Å². The van der Waals surface area contributed by atoms with Gasteiger partial charge < -0.3 is 11.1 Å². The van der Waals surface area contributed by atoms with Gasteiger partial charge in [0.1, 0.15) is 11.4 Å². The van der Waals surface area contributed by atoms with Crippen molar-refractivity contribution in [2.45, 2.75) is 32.7 Å². The summed E-state index contributed by atoms with van der Waals surface area (Å²) in [6, 6.07) is 9.29. The number of nitrogens with two attached hydrogens (primary N) is 1. The molecule has 0 bridgehead atoms. The van der Waals surface area contributed by atoms with Crippen LogP contribution in [-0.4, -0.2) is 45.8 Å². The summed E-state index contributed by atoms with van der Waals surface area (Å²) in [5, 5.41) is 2.91. The molecule has 1 saturated heterocycles. The molecule has 0 aliphatic carbocycles. The van der Waals surface area contributed by atoms with Crippen LogP contribution in [-0.2, 0) is 11.3 Å². The summed E-state index contributed by atoms with van der Waals surface area (Å²) < 4.78 is 1.22. The molecule has 0 radical (unpaired) electrons. The zero-order valence-corrected chi connectivity index (χ0v) is 17.0. The van der Waals surface area contributed by atoms with E-state index >= 15 is 0 Å². The molecule has 2 heterocycles. The van der Waals surface area contributed by atoms with E-state index in [2.05, 4.69) is 10.3 Å². The fourth-order valence-electron chi connectivity index (χ4n) is 3.70. The molecule has 9 heteroatoms. The fourth-order valence-corrected chi connectivity index (χ4v) is 3.70. The number of hydrogen-bond donors (Lipinski definition) is 3. The summed E-state index contributed by atoms with van der Waals surface area (Å²) in [7, 11) is 0. The standard InChI is InChI=1S/C21H27N5O4/c1-2-10-26-18(22)17(20(29)24-21(26)30)16(27)13-25-11-8-14(9-12-25)19(28)23-15-6-4-3-5-7-15/h3-7,14H,2,8-13,22H2,1H3,(H,23,28)(H,24,29,30). The first-order valence-electron chi connectivity index (χ1n) is 10.1. The number of rotatable bonds is 7. The smallest absolute Gasteiger partial charge is 0.329 e. The number of benzene rings is 1. The lowest BCUT2D eigenvalue weighted by atomic mass is 9.95. The lowest BCUT2D eigenvalue weighted by molar-refractivity contribution is -0.121. The number of H-pyrrole nitrogens is 1. The molecule has 30 heavy (non-hydrogen) atoms. The van der Waals surface area contributed by atoms with E-state index in [9.17, 15) is 19.2 Å². The number of carbonyl (C=O) groups is 2. The number of anilines is 2. The Hall–Kier alpha value is -3.20. The van der Waals surface area contributed by atoms with E-state index in [0.717, 1.165) is 5.69 Å². The lowest BCUT2D eigenvalue weighted by Gasteiger charge is -2.30. The molecule has 160 valence electrons. The van der Waals surface area contributed by atoms with Crippen molar-refractivity contribution in [3.8, 4) is 0 Å². The average molecular weight is 413 g/mol. The van der Waals surface area contributed by atoms with Gasteiger partial charge in [-0.05, 0) is 44.5 Å². The minimum atomic E-state index is -0.757.